The summed E-state index contributed by atoms with van der Waals surface area (Å²) in [5.74, 6) is -3.69. The number of ether oxygens (including phenoxy) is 2. The van der Waals surface area contributed by atoms with Gasteiger partial charge in [0.1, 0.15) is 17.8 Å². The van der Waals surface area contributed by atoms with Gasteiger partial charge in [-0.2, -0.15) is 0 Å². The van der Waals surface area contributed by atoms with Gasteiger partial charge in [0.25, 0.3) is 0 Å². The first-order chi connectivity index (χ1) is 26.6. The zero-order valence-electron chi connectivity index (χ0n) is 33.5. The van der Waals surface area contributed by atoms with Crippen LogP contribution in [0.2, 0.25) is 0 Å². The number of allylic oxidation sites excluding steroid dienone is 8. The molecule has 12 heteroatoms. The van der Waals surface area contributed by atoms with Crippen LogP contribution in [0.15, 0.2) is 47.6 Å². The first kappa shape index (κ1) is 40.5. The number of aliphatic hydroxyl groups is 4. The zero-order chi connectivity index (χ0) is 41.3. The summed E-state index contributed by atoms with van der Waals surface area (Å²) in [5.41, 5.74) is -8.23. The van der Waals surface area contributed by atoms with Crippen molar-refractivity contribution in [2.45, 2.75) is 128 Å². The van der Waals surface area contributed by atoms with Gasteiger partial charge in [0, 0.05) is 33.5 Å². The Labute approximate surface area is 332 Å². The van der Waals surface area contributed by atoms with E-state index >= 15 is 4.39 Å². The molecular weight excluding hydrogens is 735 g/mol. The summed E-state index contributed by atoms with van der Waals surface area (Å²) >= 11 is 0. The van der Waals surface area contributed by atoms with Gasteiger partial charge in [0.2, 0.25) is 5.78 Å². The van der Waals surface area contributed by atoms with Crippen LogP contribution in [0.25, 0.3) is 0 Å². The number of aliphatic hydroxyl groups excluding tert-OH is 2. The van der Waals surface area contributed by atoms with Crippen molar-refractivity contribution < 1.29 is 58.3 Å². The van der Waals surface area contributed by atoms with Crippen LogP contribution in [0.3, 0.4) is 0 Å². The van der Waals surface area contributed by atoms with Gasteiger partial charge in [-0.05, 0) is 113 Å². The molecule has 0 amide bonds. The number of carbonyl (C=O) groups is 5. The third kappa shape index (κ3) is 5.24. The summed E-state index contributed by atoms with van der Waals surface area (Å²) in [7, 11) is 0. The number of hydrogen-bond acceptors (Lipinski definition) is 11. The van der Waals surface area contributed by atoms with Crippen molar-refractivity contribution in [3.63, 3.8) is 0 Å². The lowest BCUT2D eigenvalue weighted by atomic mass is 9.44. The van der Waals surface area contributed by atoms with E-state index in [1.807, 2.05) is 13.0 Å². The lowest BCUT2D eigenvalue weighted by Gasteiger charge is -2.62. The van der Waals surface area contributed by atoms with E-state index in [9.17, 15) is 44.4 Å². The number of Topliss-reactive ketones (excluding diaryl/α,β-unsaturated/α-hetero) is 2. The average molecular weight is 792 g/mol. The highest BCUT2D eigenvalue weighted by atomic mass is 19.1. The molecule has 0 aromatic heterocycles. The van der Waals surface area contributed by atoms with Gasteiger partial charge in [-0.3, -0.25) is 19.2 Å². The fraction of sp³-hybridized carbons (Fsp3) is 0.689. The van der Waals surface area contributed by atoms with Crippen LogP contribution in [-0.4, -0.2) is 85.4 Å². The monoisotopic (exact) mass is 791 g/mol. The van der Waals surface area contributed by atoms with Crippen molar-refractivity contribution in [1.82, 2.24) is 0 Å². The normalized spacial score (nSPS) is 49.3. The molecule has 0 aliphatic heterocycles. The van der Waals surface area contributed by atoms with Crippen molar-refractivity contribution in [2.75, 3.05) is 6.61 Å². The van der Waals surface area contributed by atoms with E-state index in [1.165, 1.54) is 12.2 Å². The first-order valence-corrected chi connectivity index (χ1v) is 20.7. The maximum Gasteiger partial charge on any atom is 0.509 e. The van der Waals surface area contributed by atoms with Gasteiger partial charge in [0.15, 0.2) is 29.6 Å². The molecule has 57 heavy (non-hydrogen) atoms. The number of rotatable bonds is 7. The minimum absolute atomic E-state index is 0.0246. The number of halogens is 1. The summed E-state index contributed by atoms with van der Waals surface area (Å²) in [4.78, 5) is 64.7. The number of carbonyl (C=O) groups excluding carboxylic acids is 5. The van der Waals surface area contributed by atoms with E-state index in [0.29, 0.717) is 37.7 Å². The minimum atomic E-state index is -2.13. The predicted molar refractivity (Wildman–Crippen MR) is 202 cm³/mol. The minimum Gasteiger partial charge on any atom is -0.427 e. The highest BCUT2D eigenvalue weighted by Crippen LogP contribution is 2.71. The molecule has 0 spiro atoms. The Kier molecular flexibility index (Phi) is 9.29. The van der Waals surface area contributed by atoms with Crippen LogP contribution >= 0.6 is 0 Å². The Balaban J connectivity index is 0.887. The molecule has 6 fully saturated rings. The maximum absolute atomic E-state index is 17.5. The molecule has 0 saturated heterocycles. The van der Waals surface area contributed by atoms with Gasteiger partial charge in [-0.1, -0.05) is 51.0 Å². The van der Waals surface area contributed by atoms with E-state index in [2.05, 4.69) is 6.92 Å². The smallest absolute Gasteiger partial charge is 0.427 e. The summed E-state index contributed by atoms with van der Waals surface area (Å²) in [6.45, 7) is 9.07. The topological polar surface area (TPSA) is 185 Å². The lowest BCUT2D eigenvalue weighted by molar-refractivity contribution is -0.219. The predicted octanol–water partition coefficient (Wildman–Crippen LogP) is 5.19. The van der Waals surface area contributed by atoms with E-state index in [0.717, 1.165) is 18.6 Å². The van der Waals surface area contributed by atoms with Gasteiger partial charge >= 0.3 is 6.16 Å². The van der Waals surface area contributed by atoms with Crippen molar-refractivity contribution in [1.29, 1.82) is 0 Å². The van der Waals surface area contributed by atoms with Gasteiger partial charge < -0.3 is 29.9 Å². The average Bonchev–Trinajstić information content (AvgIpc) is 3.53. The Morgan fingerprint density at radius 3 is 2.25 bits per heavy atom. The second kappa shape index (κ2) is 13.1. The quantitative estimate of drug-likeness (QED) is 0.249. The van der Waals surface area contributed by atoms with Crippen LogP contribution in [0.5, 0.6) is 0 Å². The molecule has 5 unspecified atom stereocenters. The molecule has 8 aliphatic rings. The molecule has 8 aliphatic carbocycles. The molecule has 0 bridgehead atoms. The standard InChI is InChI=1S/C45H56FO11/c1-24-18-32-31-9-7-26-20-28(48)11-15-40(26,3)44(31,46)35(51)22-42(32,5)45(24,55)36(52)23-57-38(53)56-17-13-34(50)43(54)16-12-30-29-8-6-25-19-27(47)10-14-39(25,2)37(29)33(49)21-41(30,43)4/h10-11,14-15,17,19-20,24,29-33,35,37,49,51,54-55H,6-9,12-13,16,18,21-23H2,1-5H3/t24-,29?,30?,31?,32?,33-,35-,37?,39-,40-,41-,42-,43-,44-,45-/m0/s1. The molecule has 15 atom stereocenters. The molecule has 0 aromatic carbocycles. The van der Waals surface area contributed by atoms with Crippen molar-refractivity contribution in [2.24, 2.45) is 57.2 Å². The Bertz CT molecular complexity index is 1940. The second-order valence-corrected chi connectivity index (χ2v) is 19.7. The van der Waals surface area contributed by atoms with Crippen LogP contribution < -0.4 is 0 Å². The highest BCUT2D eigenvalue weighted by Gasteiger charge is 2.76. The largest absolute Gasteiger partial charge is 0.509 e. The van der Waals surface area contributed by atoms with E-state index in [4.69, 9.17) is 9.47 Å². The van der Waals surface area contributed by atoms with Crippen LogP contribution in [-0.2, 0) is 28.7 Å². The number of alkyl halides is 1. The Morgan fingerprint density at radius 2 is 1.53 bits per heavy atom. The fourth-order valence-electron chi connectivity index (χ4n) is 14.6. The summed E-state index contributed by atoms with van der Waals surface area (Å²) in [6.07, 6.45) is 8.62. The van der Waals surface area contributed by atoms with Crippen LogP contribution in [0, 0.1) is 63.8 Å². The Morgan fingerprint density at radius 1 is 0.860 bits per heavy atom. The van der Waals surface area contributed by atoms with Gasteiger partial charge in [0.05, 0.1) is 18.6 Å². The molecule has 6 saturated carbocycles. The number of hydrogen-bond donors (Lipinski definition) is 4. The van der Waals surface area contributed by atoms with E-state index in [1.54, 1.807) is 39.0 Å². The van der Waals surface area contributed by atoms with Crippen molar-refractivity contribution >= 4 is 29.3 Å². The lowest BCUT2D eigenvalue weighted by Crippen LogP contribution is -2.69. The summed E-state index contributed by atoms with van der Waals surface area (Å²) in [5, 5.41) is 47.4. The van der Waals surface area contributed by atoms with Gasteiger partial charge in [-0.15, -0.1) is 0 Å². The van der Waals surface area contributed by atoms with Crippen LogP contribution in [0.1, 0.15) is 98.8 Å². The van der Waals surface area contributed by atoms with Crippen molar-refractivity contribution in [3.8, 4) is 0 Å². The SMILES string of the molecule is C[C@H]1CC2C3CCC4=CC(=O)C=C[C@]4(C)[C@@]3(F)[C@@H](O)C[C@]2(C)[C@@]1(O)C(=O)COC(=O)O[CH]CC(=O)[C@@]1(O)CCC2C3CCC4=CC(=O)C=C[C@]4(C)C3[C@@H](O)C[C@@]21C. The number of ketones is 4. The molecular formula is C45H56FO11. The molecule has 0 heterocycles. The van der Waals surface area contributed by atoms with E-state index < -0.39 is 99.2 Å². The molecule has 309 valence electrons. The first-order valence-electron chi connectivity index (χ1n) is 20.7. The van der Waals surface area contributed by atoms with Crippen LogP contribution in [0.4, 0.5) is 9.18 Å². The summed E-state index contributed by atoms with van der Waals surface area (Å²) in [6, 6.07) is 0. The Hall–Kier alpha value is -3.32. The number of fused-ring (bicyclic) bond motifs is 10. The molecule has 1 radical (unpaired) electrons. The van der Waals surface area contributed by atoms with Gasteiger partial charge in [-0.25, -0.2) is 9.18 Å². The third-order valence-corrected chi connectivity index (χ3v) is 17.5. The zero-order valence-corrected chi connectivity index (χ0v) is 33.5. The molecule has 4 N–H and O–H groups in total. The second-order valence-electron chi connectivity index (χ2n) is 19.7. The van der Waals surface area contributed by atoms with E-state index in [-0.39, 0.29) is 48.6 Å². The summed E-state index contributed by atoms with van der Waals surface area (Å²) < 4.78 is 27.7. The fourth-order valence-corrected chi connectivity index (χ4v) is 14.6. The van der Waals surface area contributed by atoms with Crippen molar-refractivity contribution in [3.05, 3.63) is 54.2 Å². The molecule has 0 aromatic rings. The molecule has 8 rings (SSSR count). The molecule has 11 nitrogen and oxygen atoms in total. The highest BCUT2D eigenvalue weighted by molar-refractivity contribution is 6.02. The third-order valence-electron chi connectivity index (χ3n) is 17.5. The maximum atomic E-state index is 17.5.